The quantitative estimate of drug-likeness (QED) is 0.655. The van der Waals surface area contributed by atoms with E-state index in [-0.39, 0.29) is 5.60 Å². The molecule has 1 aromatic rings. The molecule has 0 saturated carbocycles. The largest absolute Gasteiger partial charge is 0.491 e. The first kappa shape index (κ1) is 14.6. The molecule has 0 atom stereocenters. The van der Waals surface area contributed by atoms with Crippen molar-refractivity contribution < 1.29 is 9.47 Å². The lowest BCUT2D eigenvalue weighted by Gasteiger charge is -2.19. The predicted molar refractivity (Wildman–Crippen MR) is 73.6 cm³/mol. The number of hydrogen-bond acceptors (Lipinski definition) is 3. The molecular formula is C15H21NO2. The normalized spacial score (nSPS) is 10.7. The van der Waals surface area contributed by atoms with E-state index in [2.05, 4.69) is 11.8 Å². The molecule has 0 saturated heterocycles. The molecule has 0 radical (unpaired) electrons. The second kappa shape index (κ2) is 7.05. The molecule has 18 heavy (non-hydrogen) atoms. The Bertz CT molecular complexity index is 424. The van der Waals surface area contributed by atoms with E-state index in [1.54, 1.807) is 0 Å². The van der Waals surface area contributed by atoms with Crippen LogP contribution in [0.5, 0.6) is 5.75 Å². The van der Waals surface area contributed by atoms with Gasteiger partial charge >= 0.3 is 0 Å². The summed E-state index contributed by atoms with van der Waals surface area (Å²) in [6, 6.07) is 7.66. The maximum absolute atomic E-state index is 5.60. The van der Waals surface area contributed by atoms with Crippen LogP contribution in [0, 0.1) is 11.8 Å². The first-order valence-electron chi connectivity index (χ1n) is 6.07. The van der Waals surface area contributed by atoms with Crippen molar-refractivity contribution in [1.29, 1.82) is 0 Å². The summed E-state index contributed by atoms with van der Waals surface area (Å²) in [5.74, 6) is 6.59. The summed E-state index contributed by atoms with van der Waals surface area (Å²) < 4.78 is 11.2. The molecule has 0 aromatic heterocycles. The molecule has 1 aromatic carbocycles. The van der Waals surface area contributed by atoms with Gasteiger partial charge in [-0.3, -0.25) is 0 Å². The second-order valence-electron chi connectivity index (χ2n) is 4.84. The van der Waals surface area contributed by atoms with Gasteiger partial charge in [0.15, 0.2) is 0 Å². The van der Waals surface area contributed by atoms with Gasteiger partial charge in [0.2, 0.25) is 0 Å². The Morgan fingerprint density at radius 3 is 2.67 bits per heavy atom. The van der Waals surface area contributed by atoms with Gasteiger partial charge < -0.3 is 15.2 Å². The van der Waals surface area contributed by atoms with Crippen LogP contribution in [0.25, 0.3) is 0 Å². The lowest BCUT2D eigenvalue weighted by molar-refractivity contribution is -0.0163. The zero-order chi connectivity index (χ0) is 13.4. The van der Waals surface area contributed by atoms with Crippen molar-refractivity contribution in [3.05, 3.63) is 29.8 Å². The molecule has 3 nitrogen and oxygen atoms in total. The highest BCUT2D eigenvalue weighted by atomic mass is 16.5. The fraction of sp³-hybridized carbons (Fsp3) is 0.467. The van der Waals surface area contributed by atoms with Gasteiger partial charge in [0.25, 0.3) is 0 Å². The molecule has 0 amide bonds. The highest BCUT2D eigenvalue weighted by Crippen LogP contribution is 2.13. The van der Waals surface area contributed by atoms with Crippen molar-refractivity contribution in [2.45, 2.75) is 26.4 Å². The van der Waals surface area contributed by atoms with Crippen LogP contribution in [-0.4, -0.2) is 25.4 Å². The summed E-state index contributed by atoms with van der Waals surface area (Å²) in [5, 5.41) is 0. The van der Waals surface area contributed by atoms with E-state index in [0.29, 0.717) is 19.8 Å². The van der Waals surface area contributed by atoms with Gasteiger partial charge in [-0.25, -0.2) is 0 Å². The van der Waals surface area contributed by atoms with Gasteiger partial charge in [0.1, 0.15) is 12.4 Å². The summed E-state index contributed by atoms with van der Waals surface area (Å²) in [6.07, 6.45) is 0. The summed E-state index contributed by atoms with van der Waals surface area (Å²) in [5.41, 5.74) is 6.12. The Balaban J connectivity index is 2.43. The zero-order valence-corrected chi connectivity index (χ0v) is 11.3. The lowest BCUT2D eigenvalue weighted by Crippen LogP contribution is -2.22. The summed E-state index contributed by atoms with van der Waals surface area (Å²) >= 11 is 0. The lowest BCUT2D eigenvalue weighted by atomic mass is 10.2. The molecule has 3 heteroatoms. The van der Waals surface area contributed by atoms with E-state index in [4.69, 9.17) is 15.2 Å². The fourth-order valence-corrected chi connectivity index (χ4v) is 1.32. The van der Waals surface area contributed by atoms with Crippen LogP contribution in [0.4, 0.5) is 0 Å². The van der Waals surface area contributed by atoms with Crippen molar-refractivity contribution in [3.63, 3.8) is 0 Å². The van der Waals surface area contributed by atoms with Gasteiger partial charge in [-0.1, -0.05) is 17.9 Å². The minimum absolute atomic E-state index is 0.127. The Hall–Kier alpha value is -1.50. The average Bonchev–Trinajstić information content (AvgIpc) is 2.31. The van der Waals surface area contributed by atoms with Crippen molar-refractivity contribution in [2.24, 2.45) is 5.73 Å². The summed E-state index contributed by atoms with van der Waals surface area (Å²) in [6.45, 7) is 7.54. The summed E-state index contributed by atoms with van der Waals surface area (Å²) in [7, 11) is 0. The number of rotatable bonds is 4. The SMILES string of the molecule is CC(C)(C)OCCOc1cccc(C#CCN)c1. The third kappa shape index (κ3) is 6.29. The average molecular weight is 247 g/mol. The molecule has 0 unspecified atom stereocenters. The van der Waals surface area contributed by atoms with Gasteiger partial charge in [-0.2, -0.15) is 0 Å². The smallest absolute Gasteiger partial charge is 0.120 e. The third-order valence-corrected chi connectivity index (χ3v) is 2.06. The monoisotopic (exact) mass is 247 g/mol. The first-order valence-corrected chi connectivity index (χ1v) is 6.07. The van der Waals surface area contributed by atoms with E-state index in [9.17, 15) is 0 Å². The minimum Gasteiger partial charge on any atom is -0.491 e. The number of benzene rings is 1. The predicted octanol–water partition coefficient (Wildman–Crippen LogP) is 2.19. The fourth-order valence-electron chi connectivity index (χ4n) is 1.32. The topological polar surface area (TPSA) is 44.5 Å². The van der Waals surface area contributed by atoms with Crippen LogP contribution in [-0.2, 0) is 4.74 Å². The zero-order valence-electron chi connectivity index (χ0n) is 11.3. The molecule has 0 bridgehead atoms. The molecule has 0 aliphatic heterocycles. The maximum atomic E-state index is 5.60. The maximum Gasteiger partial charge on any atom is 0.120 e. The van der Waals surface area contributed by atoms with Gasteiger partial charge in [-0.05, 0) is 39.0 Å². The Kier molecular flexibility index (Phi) is 5.70. The second-order valence-corrected chi connectivity index (χ2v) is 4.84. The molecule has 2 N–H and O–H groups in total. The molecule has 98 valence electrons. The van der Waals surface area contributed by atoms with Gasteiger partial charge in [-0.15, -0.1) is 0 Å². The van der Waals surface area contributed by atoms with E-state index in [1.165, 1.54) is 0 Å². The Morgan fingerprint density at radius 2 is 2.00 bits per heavy atom. The van der Waals surface area contributed by atoms with Gasteiger partial charge in [0, 0.05) is 5.56 Å². The Morgan fingerprint density at radius 1 is 1.22 bits per heavy atom. The van der Waals surface area contributed by atoms with Crippen LogP contribution in [0.1, 0.15) is 26.3 Å². The van der Waals surface area contributed by atoms with E-state index >= 15 is 0 Å². The van der Waals surface area contributed by atoms with Crippen molar-refractivity contribution in [3.8, 4) is 17.6 Å². The van der Waals surface area contributed by atoms with E-state index in [0.717, 1.165) is 11.3 Å². The van der Waals surface area contributed by atoms with Crippen molar-refractivity contribution in [1.82, 2.24) is 0 Å². The van der Waals surface area contributed by atoms with Gasteiger partial charge in [0.05, 0.1) is 18.8 Å². The van der Waals surface area contributed by atoms with E-state index in [1.807, 2.05) is 45.0 Å². The minimum atomic E-state index is -0.127. The molecule has 1 rings (SSSR count). The summed E-state index contributed by atoms with van der Waals surface area (Å²) in [4.78, 5) is 0. The van der Waals surface area contributed by atoms with Crippen molar-refractivity contribution in [2.75, 3.05) is 19.8 Å². The van der Waals surface area contributed by atoms with Crippen LogP contribution in [0.2, 0.25) is 0 Å². The molecule has 0 fully saturated rings. The van der Waals surface area contributed by atoms with Crippen LogP contribution in [0.15, 0.2) is 24.3 Å². The van der Waals surface area contributed by atoms with Crippen molar-refractivity contribution >= 4 is 0 Å². The molecule has 0 heterocycles. The van der Waals surface area contributed by atoms with Crippen LogP contribution in [0.3, 0.4) is 0 Å². The first-order chi connectivity index (χ1) is 8.51. The third-order valence-electron chi connectivity index (χ3n) is 2.06. The molecule has 0 aliphatic carbocycles. The van der Waals surface area contributed by atoms with Crippen LogP contribution >= 0.6 is 0 Å². The van der Waals surface area contributed by atoms with E-state index < -0.39 is 0 Å². The molecule has 0 aliphatic rings. The molecular weight excluding hydrogens is 226 g/mol. The number of ether oxygens (including phenoxy) is 2. The number of nitrogens with two attached hydrogens (primary N) is 1. The van der Waals surface area contributed by atoms with Crippen LogP contribution < -0.4 is 10.5 Å². The standard InChI is InChI=1S/C15H21NO2/c1-15(2,3)18-11-10-17-14-8-4-6-13(12-14)7-5-9-16/h4,6,8,12H,9-11,16H2,1-3H3. The highest BCUT2D eigenvalue weighted by molar-refractivity contribution is 5.39. The molecule has 0 spiro atoms. The Labute approximate surface area is 109 Å². The highest BCUT2D eigenvalue weighted by Gasteiger charge is 2.09. The number of hydrogen-bond donors (Lipinski definition) is 1.